The zero-order valence-electron chi connectivity index (χ0n) is 10.3. The van der Waals surface area contributed by atoms with Gasteiger partial charge in [0.05, 0.1) is 0 Å². The number of hydrogen-bond donors (Lipinski definition) is 0. The van der Waals surface area contributed by atoms with Gasteiger partial charge in [0.15, 0.2) is 0 Å². The molecule has 0 saturated heterocycles. The average Bonchev–Trinajstić information content (AvgIpc) is 2.26. The van der Waals surface area contributed by atoms with Gasteiger partial charge in [-0.25, -0.2) is 0 Å². The summed E-state index contributed by atoms with van der Waals surface area (Å²) >= 11 is 5.43. The molecule has 3 heteroatoms. The highest BCUT2D eigenvalue weighted by molar-refractivity contribution is 7.81. The maximum Gasteiger partial charge on any atom is 0.110 e. The topological polar surface area (TPSA) is 6.48 Å². The van der Waals surface area contributed by atoms with E-state index >= 15 is 0 Å². The second-order valence-electron chi connectivity index (χ2n) is 4.07. The lowest BCUT2D eigenvalue weighted by Gasteiger charge is -2.19. The van der Waals surface area contributed by atoms with Gasteiger partial charge in [0.1, 0.15) is 4.99 Å². The average molecular weight is 234 g/mol. The molecule has 1 aromatic carbocycles. The third-order valence-electron chi connectivity index (χ3n) is 2.11. The number of rotatable bonds is 3. The van der Waals surface area contributed by atoms with Crippen molar-refractivity contribution in [3.63, 3.8) is 0 Å². The molecule has 0 heterocycles. The van der Waals surface area contributed by atoms with Crippen LogP contribution in [-0.4, -0.2) is 43.0 Å². The fourth-order valence-electron chi connectivity index (χ4n) is 1.37. The first-order valence-corrected chi connectivity index (χ1v) is 5.58. The van der Waals surface area contributed by atoms with E-state index in [2.05, 4.69) is 18.3 Å². The number of thiocarbonyl (C=S) groups is 1. The van der Waals surface area contributed by atoms with Gasteiger partial charge in [-0.3, -0.25) is 0 Å². The van der Waals surface area contributed by atoms with Gasteiger partial charge in [-0.15, -0.1) is 0 Å². The first-order chi connectivity index (χ1) is 7.52. The minimum Gasteiger partial charge on any atom is -0.383 e. The minimum atomic E-state index is 0.847. The van der Waals surface area contributed by atoms with E-state index in [0.717, 1.165) is 16.1 Å². The lowest BCUT2D eigenvalue weighted by atomic mass is 10.1. The van der Waals surface area contributed by atoms with Crippen molar-refractivity contribution in [3.05, 3.63) is 42.1 Å². The molecule has 2 nitrogen and oxygen atoms in total. The predicted octanol–water partition coefficient (Wildman–Crippen LogP) is 2.48. The van der Waals surface area contributed by atoms with Crippen molar-refractivity contribution in [2.75, 3.05) is 28.2 Å². The highest BCUT2D eigenvalue weighted by Crippen LogP contribution is 2.17. The molecule has 1 rings (SSSR count). The summed E-state index contributed by atoms with van der Waals surface area (Å²) in [6.45, 7) is 0. The van der Waals surface area contributed by atoms with Crippen molar-refractivity contribution in [2.24, 2.45) is 0 Å². The molecule has 0 amide bonds. The van der Waals surface area contributed by atoms with E-state index in [-0.39, 0.29) is 0 Å². The summed E-state index contributed by atoms with van der Waals surface area (Å²) in [5.41, 5.74) is 2.22. The van der Waals surface area contributed by atoms with Crippen molar-refractivity contribution in [2.45, 2.75) is 0 Å². The van der Waals surface area contributed by atoms with Crippen molar-refractivity contribution < 1.29 is 0 Å². The molecule has 16 heavy (non-hydrogen) atoms. The molecule has 0 aromatic heterocycles. The molecule has 1 aromatic rings. The lowest BCUT2D eigenvalue weighted by molar-refractivity contribution is 0.564. The quantitative estimate of drug-likeness (QED) is 0.586. The van der Waals surface area contributed by atoms with Crippen LogP contribution in [0.2, 0.25) is 0 Å². The van der Waals surface area contributed by atoms with Gasteiger partial charge >= 0.3 is 0 Å². The molecule has 0 aliphatic carbocycles. The number of nitrogens with zero attached hydrogens (tertiary/aromatic N) is 2. The monoisotopic (exact) mass is 234 g/mol. The standard InChI is InChI=1S/C13H18N2S/c1-14(2)10-12(13(16)15(3)4)11-8-6-5-7-9-11/h5-10H,1-4H3/b12-10+. The Hall–Kier alpha value is -1.35. The van der Waals surface area contributed by atoms with Crippen molar-refractivity contribution in [1.29, 1.82) is 0 Å². The highest BCUT2D eigenvalue weighted by Gasteiger charge is 2.09. The second kappa shape index (κ2) is 5.66. The minimum absolute atomic E-state index is 0.847. The van der Waals surface area contributed by atoms with Gasteiger partial charge in [-0.2, -0.15) is 0 Å². The molecule has 0 bridgehead atoms. The van der Waals surface area contributed by atoms with Crippen molar-refractivity contribution in [1.82, 2.24) is 9.80 Å². The molecule has 0 aliphatic heterocycles. The molecule has 0 fully saturated rings. The van der Waals surface area contributed by atoms with Crippen LogP contribution in [0.5, 0.6) is 0 Å². The summed E-state index contributed by atoms with van der Waals surface area (Å²) in [7, 11) is 7.94. The summed E-state index contributed by atoms with van der Waals surface area (Å²) in [6, 6.07) is 10.2. The zero-order chi connectivity index (χ0) is 12.1. The molecule has 86 valence electrons. The number of benzene rings is 1. The first-order valence-electron chi connectivity index (χ1n) is 5.17. The van der Waals surface area contributed by atoms with E-state index in [4.69, 9.17) is 12.2 Å². The van der Waals surface area contributed by atoms with Crippen LogP contribution in [0.4, 0.5) is 0 Å². The Morgan fingerprint density at radius 1 is 1.06 bits per heavy atom. The van der Waals surface area contributed by atoms with Gasteiger partial charge in [0.2, 0.25) is 0 Å². The molecule has 0 N–H and O–H groups in total. The predicted molar refractivity (Wildman–Crippen MR) is 74.4 cm³/mol. The van der Waals surface area contributed by atoms with Gasteiger partial charge in [-0.1, -0.05) is 42.5 Å². The van der Waals surface area contributed by atoms with E-state index < -0.39 is 0 Å². The Bertz CT molecular complexity index is 380. The Morgan fingerprint density at radius 3 is 2.06 bits per heavy atom. The fraction of sp³-hybridized carbons (Fsp3) is 0.308. The van der Waals surface area contributed by atoms with Crippen LogP contribution in [0.25, 0.3) is 5.57 Å². The van der Waals surface area contributed by atoms with Crippen LogP contribution in [0, 0.1) is 0 Å². The fourth-order valence-corrected chi connectivity index (χ4v) is 1.54. The Balaban J connectivity index is 3.12. The lowest BCUT2D eigenvalue weighted by Crippen LogP contribution is -2.22. The normalized spacial score (nSPS) is 11.1. The van der Waals surface area contributed by atoms with Crippen LogP contribution in [0.3, 0.4) is 0 Å². The van der Waals surface area contributed by atoms with Crippen LogP contribution in [0.1, 0.15) is 5.56 Å². The molecule has 0 saturated carbocycles. The molecule has 0 radical (unpaired) electrons. The van der Waals surface area contributed by atoms with E-state index in [9.17, 15) is 0 Å². The van der Waals surface area contributed by atoms with Gasteiger partial charge in [-0.05, 0) is 5.56 Å². The van der Waals surface area contributed by atoms with Crippen LogP contribution in [0.15, 0.2) is 36.5 Å². The maximum absolute atomic E-state index is 5.43. The third kappa shape index (κ3) is 3.35. The first kappa shape index (κ1) is 12.7. The van der Waals surface area contributed by atoms with Crippen molar-refractivity contribution in [3.8, 4) is 0 Å². The molecule has 0 spiro atoms. The van der Waals surface area contributed by atoms with Crippen LogP contribution in [-0.2, 0) is 0 Å². The Kier molecular flexibility index (Phi) is 4.50. The molecular weight excluding hydrogens is 216 g/mol. The van der Waals surface area contributed by atoms with E-state index in [0.29, 0.717) is 0 Å². The van der Waals surface area contributed by atoms with Crippen LogP contribution < -0.4 is 0 Å². The summed E-state index contributed by atoms with van der Waals surface area (Å²) < 4.78 is 0. The van der Waals surface area contributed by atoms with E-state index in [1.54, 1.807) is 0 Å². The van der Waals surface area contributed by atoms with E-state index in [1.165, 1.54) is 0 Å². The molecule has 0 atom stereocenters. The SMILES string of the molecule is CN(C)/C=C(/C(=S)N(C)C)c1ccccc1. The molecular formula is C13H18N2S. The summed E-state index contributed by atoms with van der Waals surface area (Å²) in [5, 5.41) is 0. The smallest absolute Gasteiger partial charge is 0.110 e. The largest absolute Gasteiger partial charge is 0.383 e. The summed E-state index contributed by atoms with van der Waals surface area (Å²) in [4.78, 5) is 4.82. The van der Waals surface area contributed by atoms with Gasteiger partial charge in [0.25, 0.3) is 0 Å². The second-order valence-corrected chi connectivity index (χ2v) is 4.46. The van der Waals surface area contributed by atoms with E-state index in [1.807, 2.05) is 56.2 Å². The van der Waals surface area contributed by atoms with Gasteiger partial charge < -0.3 is 9.80 Å². The summed E-state index contributed by atoms with van der Waals surface area (Å²) in [5.74, 6) is 0. The van der Waals surface area contributed by atoms with Gasteiger partial charge in [0, 0.05) is 40.0 Å². The summed E-state index contributed by atoms with van der Waals surface area (Å²) in [6.07, 6.45) is 2.05. The van der Waals surface area contributed by atoms with Crippen molar-refractivity contribution >= 4 is 22.8 Å². The number of likely N-dealkylation sites (N-methyl/N-ethyl adjacent to an activating group) is 1. The van der Waals surface area contributed by atoms with Crippen LogP contribution >= 0.6 is 12.2 Å². The Labute approximate surface area is 103 Å². The molecule has 0 aliphatic rings. The number of hydrogen-bond acceptors (Lipinski definition) is 2. The third-order valence-corrected chi connectivity index (χ3v) is 2.69. The molecule has 0 unspecified atom stereocenters. The Morgan fingerprint density at radius 2 is 1.62 bits per heavy atom. The highest BCUT2D eigenvalue weighted by atomic mass is 32.1. The zero-order valence-corrected chi connectivity index (χ0v) is 11.1. The maximum atomic E-state index is 5.43.